The summed E-state index contributed by atoms with van der Waals surface area (Å²) in [4.78, 5) is 27.0. The second-order valence-electron chi connectivity index (χ2n) is 17.3. The van der Waals surface area contributed by atoms with E-state index in [-0.39, 0.29) is 11.9 Å². The van der Waals surface area contributed by atoms with Gasteiger partial charge in [0.05, 0.1) is 25.7 Å². The Kier molecular flexibility index (Phi) is 36.2. The zero-order valence-electron chi connectivity index (χ0n) is 39.0. The van der Waals surface area contributed by atoms with Crippen molar-refractivity contribution >= 4 is 11.9 Å². The summed E-state index contributed by atoms with van der Waals surface area (Å²) < 4.78 is 18.0. The topological polar surface area (TPSA) is 85.3 Å². The van der Waals surface area contributed by atoms with Crippen LogP contribution >= 0.6 is 0 Å². The van der Waals surface area contributed by atoms with Gasteiger partial charge < -0.3 is 24.2 Å². The fraction of sp³-hybridized carbons (Fsp3) is 0.769. The molecule has 1 N–H and O–H groups in total. The van der Waals surface area contributed by atoms with Gasteiger partial charge in [0.2, 0.25) is 0 Å². The van der Waals surface area contributed by atoms with Crippen molar-refractivity contribution in [3.8, 4) is 11.5 Å². The lowest BCUT2D eigenvalue weighted by Crippen LogP contribution is -2.15. The molecular formula is C52H91NO6. The van der Waals surface area contributed by atoms with Crippen molar-refractivity contribution < 1.29 is 28.9 Å². The van der Waals surface area contributed by atoms with E-state index >= 15 is 0 Å². The largest absolute Gasteiger partial charge is 0.493 e. The first-order valence-electron chi connectivity index (χ1n) is 24.5. The second-order valence-corrected chi connectivity index (χ2v) is 17.3. The summed E-state index contributed by atoms with van der Waals surface area (Å²) in [5, 5.41) is 9.86. The van der Waals surface area contributed by atoms with E-state index in [0.29, 0.717) is 51.4 Å². The maximum atomic E-state index is 12.9. The van der Waals surface area contributed by atoms with E-state index < -0.39 is 5.97 Å². The number of allylic oxidation sites excluding steroid dienone is 4. The average molecular weight is 826 g/mol. The molecule has 1 aromatic carbocycles. The van der Waals surface area contributed by atoms with E-state index in [0.717, 1.165) is 81.4 Å². The molecule has 0 aliphatic heterocycles. The SMILES string of the molecule is CCCCC/C=C\C/C=C\CCCCCCC(CCCOc1cc(CN(C)C)cc(OCCCOC(=O)CC(CCCCCCCC)CCCCCCCC)c1)C(=O)O. The number of ether oxygens (including phenoxy) is 3. The molecule has 0 heterocycles. The van der Waals surface area contributed by atoms with Gasteiger partial charge >= 0.3 is 11.9 Å². The third kappa shape index (κ3) is 33.6. The molecule has 59 heavy (non-hydrogen) atoms. The predicted octanol–water partition coefficient (Wildman–Crippen LogP) is 14.9. The number of carbonyl (C=O) groups is 2. The van der Waals surface area contributed by atoms with Gasteiger partial charge in [-0.15, -0.1) is 0 Å². The van der Waals surface area contributed by atoms with Crippen LogP contribution in [0, 0.1) is 11.8 Å². The number of carbonyl (C=O) groups excluding carboxylic acids is 1. The third-order valence-electron chi connectivity index (χ3n) is 11.2. The van der Waals surface area contributed by atoms with E-state index in [1.807, 2.05) is 32.3 Å². The molecule has 1 rings (SSSR count). The number of carboxylic acids is 1. The molecular weight excluding hydrogens is 735 g/mol. The van der Waals surface area contributed by atoms with Gasteiger partial charge in [0.15, 0.2) is 0 Å². The summed E-state index contributed by atoms with van der Waals surface area (Å²) in [5.74, 6) is 0.785. The molecule has 0 bridgehead atoms. The zero-order valence-corrected chi connectivity index (χ0v) is 39.0. The van der Waals surface area contributed by atoms with E-state index in [1.54, 1.807) is 0 Å². The average Bonchev–Trinajstić information content (AvgIpc) is 3.20. The van der Waals surface area contributed by atoms with Crippen molar-refractivity contribution in [3.05, 3.63) is 48.1 Å². The first kappa shape index (κ1) is 54.2. The van der Waals surface area contributed by atoms with Gasteiger partial charge in [-0.2, -0.15) is 0 Å². The monoisotopic (exact) mass is 826 g/mol. The maximum absolute atomic E-state index is 12.9. The third-order valence-corrected chi connectivity index (χ3v) is 11.2. The van der Waals surface area contributed by atoms with Gasteiger partial charge in [-0.05, 0) is 102 Å². The molecule has 0 saturated carbocycles. The van der Waals surface area contributed by atoms with Crippen LogP contribution in [0.5, 0.6) is 11.5 Å². The fourth-order valence-electron chi connectivity index (χ4n) is 7.69. The Morgan fingerprint density at radius 1 is 0.576 bits per heavy atom. The highest BCUT2D eigenvalue weighted by molar-refractivity contribution is 5.70. The number of benzene rings is 1. The molecule has 0 aromatic heterocycles. The first-order chi connectivity index (χ1) is 28.8. The number of rotatable bonds is 42. The van der Waals surface area contributed by atoms with Crippen molar-refractivity contribution in [2.75, 3.05) is 33.9 Å². The summed E-state index contributed by atoms with van der Waals surface area (Å²) in [6, 6.07) is 5.99. The Labute approximate surface area is 363 Å². The lowest BCUT2D eigenvalue weighted by Gasteiger charge is -2.17. The molecule has 0 fully saturated rings. The summed E-state index contributed by atoms with van der Waals surface area (Å²) in [6.45, 7) is 8.77. The van der Waals surface area contributed by atoms with Crippen LogP contribution in [0.3, 0.4) is 0 Å². The Morgan fingerprint density at radius 2 is 1.05 bits per heavy atom. The summed E-state index contributed by atoms with van der Waals surface area (Å²) in [5.41, 5.74) is 1.09. The summed E-state index contributed by atoms with van der Waals surface area (Å²) >= 11 is 0. The van der Waals surface area contributed by atoms with Crippen LogP contribution in [0.2, 0.25) is 0 Å². The van der Waals surface area contributed by atoms with Crippen molar-refractivity contribution in [1.29, 1.82) is 0 Å². The Morgan fingerprint density at radius 3 is 1.61 bits per heavy atom. The highest BCUT2D eigenvalue weighted by Gasteiger charge is 2.17. The maximum Gasteiger partial charge on any atom is 0.306 e. The molecule has 0 saturated heterocycles. The minimum atomic E-state index is -0.703. The van der Waals surface area contributed by atoms with E-state index in [1.165, 1.54) is 103 Å². The van der Waals surface area contributed by atoms with Crippen LogP contribution in [0.1, 0.15) is 213 Å². The normalized spacial score (nSPS) is 12.3. The van der Waals surface area contributed by atoms with Crippen molar-refractivity contribution in [2.45, 2.75) is 214 Å². The van der Waals surface area contributed by atoms with Gasteiger partial charge in [-0.1, -0.05) is 154 Å². The summed E-state index contributed by atoms with van der Waals surface area (Å²) in [6.07, 6.45) is 41.5. The number of carboxylic acid groups (broad SMARTS) is 1. The van der Waals surface area contributed by atoms with Crippen molar-refractivity contribution in [2.24, 2.45) is 11.8 Å². The van der Waals surface area contributed by atoms with Gasteiger partial charge in [0.25, 0.3) is 0 Å². The predicted molar refractivity (Wildman–Crippen MR) is 250 cm³/mol. The van der Waals surface area contributed by atoms with Gasteiger partial charge in [-0.25, -0.2) is 0 Å². The van der Waals surface area contributed by atoms with Crippen LogP contribution in [0.15, 0.2) is 42.5 Å². The van der Waals surface area contributed by atoms with Crippen LogP contribution in [-0.2, 0) is 20.9 Å². The van der Waals surface area contributed by atoms with Gasteiger partial charge in [-0.3, -0.25) is 9.59 Å². The first-order valence-corrected chi connectivity index (χ1v) is 24.5. The molecule has 1 unspecified atom stereocenters. The minimum Gasteiger partial charge on any atom is -0.493 e. The molecule has 0 aliphatic carbocycles. The van der Waals surface area contributed by atoms with Gasteiger partial charge in [0.1, 0.15) is 11.5 Å². The standard InChI is InChI=1S/C52H91NO6/c1-6-9-12-15-18-19-20-21-22-23-24-25-28-31-36-48(52(55)56)37-32-38-57-49-41-47(45-53(4)5)42-50(44-49)58-39-33-40-59-51(54)43-46(34-29-26-16-13-10-7-2)35-30-27-17-14-11-8-3/h18-19,21-22,41-42,44,46,48H,6-17,20,23-40,43,45H2,1-5H3,(H,55,56)/b19-18-,22-21-. The highest BCUT2D eigenvalue weighted by Crippen LogP contribution is 2.26. The molecule has 0 radical (unpaired) electrons. The van der Waals surface area contributed by atoms with Crippen LogP contribution in [-0.4, -0.2) is 55.9 Å². The molecule has 0 amide bonds. The molecule has 0 aliphatic rings. The quantitative estimate of drug-likeness (QED) is 0.0399. The molecule has 340 valence electrons. The van der Waals surface area contributed by atoms with Gasteiger partial charge in [0, 0.05) is 25.5 Å². The Bertz CT molecular complexity index is 1180. The number of esters is 1. The number of hydrogen-bond donors (Lipinski definition) is 1. The van der Waals surface area contributed by atoms with Crippen LogP contribution in [0.4, 0.5) is 0 Å². The van der Waals surface area contributed by atoms with E-state index in [2.05, 4.69) is 50.0 Å². The smallest absolute Gasteiger partial charge is 0.306 e. The van der Waals surface area contributed by atoms with Crippen molar-refractivity contribution in [3.63, 3.8) is 0 Å². The highest BCUT2D eigenvalue weighted by atomic mass is 16.5. The lowest BCUT2D eigenvalue weighted by molar-refractivity contribution is -0.145. The second kappa shape index (κ2) is 39.3. The number of aliphatic carboxylic acids is 1. The Hall–Kier alpha value is -2.80. The zero-order chi connectivity index (χ0) is 43.0. The van der Waals surface area contributed by atoms with Crippen LogP contribution < -0.4 is 9.47 Å². The number of unbranched alkanes of at least 4 members (excludes halogenated alkanes) is 17. The minimum absolute atomic E-state index is 0.0729. The molecule has 1 atom stereocenters. The molecule has 7 heteroatoms. The lowest BCUT2D eigenvalue weighted by atomic mass is 9.91. The molecule has 7 nitrogen and oxygen atoms in total. The molecule has 1 aromatic rings. The van der Waals surface area contributed by atoms with E-state index in [4.69, 9.17) is 14.2 Å². The summed E-state index contributed by atoms with van der Waals surface area (Å²) in [7, 11) is 4.07. The Balaban J connectivity index is 2.45. The molecule has 0 spiro atoms. The number of hydrogen-bond acceptors (Lipinski definition) is 6. The number of nitrogens with zero attached hydrogens (tertiary/aromatic N) is 1. The van der Waals surface area contributed by atoms with Crippen molar-refractivity contribution in [1.82, 2.24) is 4.90 Å². The van der Waals surface area contributed by atoms with Crippen LogP contribution in [0.25, 0.3) is 0 Å². The van der Waals surface area contributed by atoms with E-state index in [9.17, 15) is 14.7 Å². The fourth-order valence-corrected chi connectivity index (χ4v) is 7.69.